The Kier molecular flexibility index (Phi) is 3.72. The van der Waals surface area contributed by atoms with Crippen molar-refractivity contribution in [3.05, 3.63) is 48.0 Å². The van der Waals surface area contributed by atoms with Gasteiger partial charge in [0.2, 0.25) is 0 Å². The Morgan fingerprint density at radius 3 is 2.76 bits per heavy atom. The lowest BCUT2D eigenvalue weighted by Crippen LogP contribution is -2.51. The van der Waals surface area contributed by atoms with Crippen LogP contribution in [-0.4, -0.2) is 27.4 Å². The molecular weight excluding hydrogens is 262 g/mol. The summed E-state index contributed by atoms with van der Waals surface area (Å²) in [6, 6.07) is 13.0. The highest BCUT2D eigenvalue weighted by Crippen LogP contribution is 2.43. The van der Waals surface area contributed by atoms with E-state index in [4.69, 9.17) is 0 Å². The van der Waals surface area contributed by atoms with Gasteiger partial charge in [-0.15, -0.1) is 0 Å². The largest absolute Gasteiger partial charge is 0.313 e. The molecule has 5 heteroatoms. The monoisotopic (exact) mass is 281 g/mol. The van der Waals surface area contributed by atoms with Gasteiger partial charge in [0.25, 0.3) is 0 Å². The molecule has 3 rings (SSSR count). The highest BCUT2D eigenvalue weighted by atomic mass is 15.3. The third-order valence-corrected chi connectivity index (χ3v) is 4.16. The Morgan fingerprint density at radius 2 is 2.14 bits per heavy atom. The standard InChI is InChI=1S/C16H19N5/c1-21-12-19-15(20-21)7-8-18-14-9-16(10-14,11-17)13-5-3-2-4-6-13/h2-6,12,14,18H,7-10H2,1H3. The van der Waals surface area contributed by atoms with Gasteiger partial charge in [0.15, 0.2) is 5.82 Å². The molecule has 2 aromatic rings. The summed E-state index contributed by atoms with van der Waals surface area (Å²) >= 11 is 0. The SMILES string of the molecule is Cn1cnc(CCNC2CC(C#N)(c3ccccc3)C2)n1. The van der Waals surface area contributed by atoms with Crippen LogP contribution in [0.4, 0.5) is 0 Å². The molecule has 1 aromatic heterocycles. The minimum absolute atomic E-state index is 0.303. The van der Waals surface area contributed by atoms with E-state index in [1.807, 2.05) is 25.2 Å². The molecule has 0 amide bonds. The number of nitrogens with zero attached hydrogens (tertiary/aromatic N) is 4. The molecule has 0 atom stereocenters. The number of aryl methyl sites for hydroxylation is 1. The van der Waals surface area contributed by atoms with Crippen LogP contribution >= 0.6 is 0 Å². The highest BCUT2D eigenvalue weighted by Gasteiger charge is 2.45. The predicted molar refractivity (Wildman–Crippen MR) is 79.5 cm³/mol. The van der Waals surface area contributed by atoms with Crippen molar-refractivity contribution in [2.24, 2.45) is 7.05 Å². The number of hydrogen-bond acceptors (Lipinski definition) is 4. The van der Waals surface area contributed by atoms with Crippen molar-refractivity contribution >= 4 is 0 Å². The fourth-order valence-electron chi connectivity index (χ4n) is 2.96. The number of hydrogen-bond donors (Lipinski definition) is 1. The van der Waals surface area contributed by atoms with Gasteiger partial charge in [0.05, 0.1) is 11.5 Å². The van der Waals surface area contributed by atoms with Crippen molar-refractivity contribution in [1.82, 2.24) is 20.1 Å². The highest BCUT2D eigenvalue weighted by molar-refractivity contribution is 5.36. The van der Waals surface area contributed by atoms with Crippen LogP contribution in [0.15, 0.2) is 36.7 Å². The second kappa shape index (κ2) is 5.66. The molecule has 1 aromatic carbocycles. The molecule has 5 nitrogen and oxygen atoms in total. The number of benzene rings is 1. The maximum Gasteiger partial charge on any atom is 0.151 e. The van der Waals surface area contributed by atoms with E-state index in [-0.39, 0.29) is 5.41 Å². The van der Waals surface area contributed by atoms with Crippen molar-refractivity contribution in [3.8, 4) is 6.07 Å². The first kappa shape index (κ1) is 13.8. The molecule has 0 aliphatic heterocycles. The molecule has 0 radical (unpaired) electrons. The quantitative estimate of drug-likeness (QED) is 0.903. The molecule has 0 bridgehead atoms. The van der Waals surface area contributed by atoms with Gasteiger partial charge < -0.3 is 5.32 Å². The van der Waals surface area contributed by atoms with Crippen LogP contribution in [-0.2, 0) is 18.9 Å². The predicted octanol–water partition coefficient (Wildman–Crippen LogP) is 1.57. The fraction of sp³-hybridized carbons (Fsp3) is 0.438. The molecule has 1 aliphatic carbocycles. The maximum atomic E-state index is 9.51. The minimum atomic E-state index is -0.303. The van der Waals surface area contributed by atoms with E-state index < -0.39 is 0 Å². The van der Waals surface area contributed by atoms with Gasteiger partial charge in [0.1, 0.15) is 6.33 Å². The van der Waals surface area contributed by atoms with Gasteiger partial charge in [-0.3, -0.25) is 4.68 Å². The van der Waals surface area contributed by atoms with Crippen LogP contribution in [0, 0.1) is 11.3 Å². The molecule has 108 valence electrons. The van der Waals surface area contributed by atoms with E-state index in [2.05, 4.69) is 33.6 Å². The van der Waals surface area contributed by atoms with Crippen LogP contribution in [0.5, 0.6) is 0 Å². The second-order valence-electron chi connectivity index (χ2n) is 5.70. The summed E-state index contributed by atoms with van der Waals surface area (Å²) in [4.78, 5) is 4.21. The molecule has 0 unspecified atom stereocenters. The van der Waals surface area contributed by atoms with E-state index in [9.17, 15) is 5.26 Å². The Labute approximate surface area is 124 Å². The average Bonchev–Trinajstić information content (AvgIpc) is 2.88. The minimum Gasteiger partial charge on any atom is -0.313 e. The first-order valence-corrected chi connectivity index (χ1v) is 7.26. The van der Waals surface area contributed by atoms with E-state index in [1.54, 1.807) is 11.0 Å². The summed E-state index contributed by atoms with van der Waals surface area (Å²) in [6.07, 6.45) is 4.29. The van der Waals surface area contributed by atoms with Crippen LogP contribution < -0.4 is 5.32 Å². The smallest absolute Gasteiger partial charge is 0.151 e. The first-order chi connectivity index (χ1) is 10.2. The average molecular weight is 281 g/mol. The molecule has 1 heterocycles. The van der Waals surface area contributed by atoms with Crippen molar-refractivity contribution in [1.29, 1.82) is 5.26 Å². The fourth-order valence-corrected chi connectivity index (χ4v) is 2.96. The lowest BCUT2D eigenvalue weighted by molar-refractivity contribution is 0.228. The van der Waals surface area contributed by atoms with Crippen LogP contribution in [0.3, 0.4) is 0 Å². The summed E-state index contributed by atoms with van der Waals surface area (Å²) in [6.45, 7) is 0.852. The van der Waals surface area contributed by atoms with E-state index >= 15 is 0 Å². The normalized spacial score (nSPS) is 24.3. The van der Waals surface area contributed by atoms with E-state index in [0.29, 0.717) is 6.04 Å². The van der Waals surface area contributed by atoms with Crippen molar-refractivity contribution in [2.75, 3.05) is 6.54 Å². The van der Waals surface area contributed by atoms with Gasteiger partial charge in [-0.25, -0.2) is 4.98 Å². The molecule has 1 fully saturated rings. The van der Waals surface area contributed by atoms with Gasteiger partial charge in [-0.05, 0) is 18.4 Å². The zero-order chi connectivity index (χ0) is 14.7. The van der Waals surface area contributed by atoms with Crippen LogP contribution in [0.1, 0.15) is 24.2 Å². The molecule has 1 N–H and O–H groups in total. The van der Waals surface area contributed by atoms with Gasteiger partial charge in [-0.1, -0.05) is 30.3 Å². The van der Waals surface area contributed by atoms with Gasteiger partial charge >= 0.3 is 0 Å². The van der Waals surface area contributed by atoms with E-state index in [0.717, 1.165) is 37.2 Å². The number of aromatic nitrogens is 3. The number of nitrogens with one attached hydrogen (secondary N) is 1. The molecular formula is C16H19N5. The first-order valence-electron chi connectivity index (χ1n) is 7.26. The number of rotatable bonds is 5. The Hall–Kier alpha value is -2.19. The summed E-state index contributed by atoms with van der Waals surface area (Å²) in [5.41, 5.74) is 0.833. The molecule has 1 aliphatic rings. The van der Waals surface area contributed by atoms with Crippen LogP contribution in [0.25, 0.3) is 0 Å². The zero-order valence-electron chi connectivity index (χ0n) is 12.2. The Morgan fingerprint density at radius 1 is 1.38 bits per heavy atom. The summed E-state index contributed by atoms with van der Waals surface area (Å²) < 4.78 is 1.72. The topological polar surface area (TPSA) is 66.5 Å². The lowest BCUT2D eigenvalue weighted by Gasteiger charge is -2.43. The summed E-state index contributed by atoms with van der Waals surface area (Å²) in [5.74, 6) is 0.860. The zero-order valence-corrected chi connectivity index (χ0v) is 12.2. The van der Waals surface area contributed by atoms with Gasteiger partial charge in [-0.2, -0.15) is 10.4 Å². The third kappa shape index (κ3) is 2.81. The second-order valence-corrected chi connectivity index (χ2v) is 5.70. The third-order valence-electron chi connectivity index (χ3n) is 4.16. The lowest BCUT2D eigenvalue weighted by atomic mass is 9.62. The molecule has 1 saturated carbocycles. The van der Waals surface area contributed by atoms with Gasteiger partial charge in [0, 0.05) is 26.1 Å². The summed E-state index contributed by atoms with van der Waals surface area (Å²) in [5, 5.41) is 17.3. The number of nitriles is 1. The summed E-state index contributed by atoms with van der Waals surface area (Å²) in [7, 11) is 1.87. The molecule has 0 spiro atoms. The molecule has 0 saturated heterocycles. The van der Waals surface area contributed by atoms with Crippen molar-refractivity contribution < 1.29 is 0 Å². The van der Waals surface area contributed by atoms with Crippen LogP contribution in [0.2, 0.25) is 0 Å². The molecule has 21 heavy (non-hydrogen) atoms. The Bertz CT molecular complexity index is 634. The van der Waals surface area contributed by atoms with Crippen molar-refractivity contribution in [2.45, 2.75) is 30.7 Å². The van der Waals surface area contributed by atoms with E-state index in [1.165, 1.54) is 0 Å². The Balaban J connectivity index is 1.50. The van der Waals surface area contributed by atoms with Crippen molar-refractivity contribution in [3.63, 3.8) is 0 Å². The maximum absolute atomic E-state index is 9.51.